The van der Waals surface area contributed by atoms with Gasteiger partial charge < -0.3 is 0 Å². The summed E-state index contributed by atoms with van der Waals surface area (Å²) in [6.07, 6.45) is 0. The Bertz CT molecular complexity index is 31.8. The van der Waals surface area contributed by atoms with E-state index < -0.39 is 20.6 Å². The molecule has 0 amide bonds. The molecule has 44 valence electrons. The molecule has 6 heavy (non-hydrogen) atoms. The van der Waals surface area contributed by atoms with Gasteiger partial charge in [0.15, 0.2) is 0 Å². The minimum atomic E-state index is -4.29. The van der Waals surface area contributed by atoms with Crippen LogP contribution in [0.4, 0.5) is 0 Å². The molecule has 0 bridgehead atoms. The van der Waals surface area contributed by atoms with Crippen LogP contribution >= 0.6 is 0 Å². The van der Waals surface area contributed by atoms with Crippen molar-refractivity contribution in [1.29, 1.82) is 0 Å². The van der Waals surface area contributed by atoms with Crippen molar-refractivity contribution in [3.63, 3.8) is 0 Å². The molecule has 0 N–H and O–H groups in total. The third-order valence-electron chi connectivity index (χ3n) is 0. The van der Waals surface area contributed by atoms with Gasteiger partial charge in [0.1, 0.15) is 0 Å². The number of rotatable bonds is 0. The van der Waals surface area contributed by atoms with Crippen LogP contribution in [0.1, 0.15) is 0 Å². The van der Waals surface area contributed by atoms with Crippen LogP contribution in [-0.4, -0.2) is 20.6 Å². The first-order valence-electron chi connectivity index (χ1n) is 0.612. The normalized spacial score (nSPS) is 4.33. The van der Waals surface area contributed by atoms with Gasteiger partial charge in [0, 0.05) is 0 Å². The van der Waals surface area contributed by atoms with Gasteiger partial charge in [-0.25, -0.2) is 0 Å². The average Bonchev–Trinajstić information content (AvgIpc) is 0.811. The molecule has 0 aliphatic carbocycles. The van der Waals surface area contributed by atoms with Crippen LogP contribution in [0.3, 0.4) is 0 Å². The summed E-state index contributed by atoms with van der Waals surface area (Å²) in [6.45, 7) is 0. The van der Waals surface area contributed by atoms with Gasteiger partial charge in [-0.05, 0) is 0 Å². The van der Waals surface area contributed by atoms with Gasteiger partial charge in [0.05, 0.1) is 0 Å². The molecular formula is Cu2O3Sn. The van der Waals surface area contributed by atoms with E-state index in [4.69, 9.17) is 9.96 Å². The fourth-order valence-corrected chi connectivity index (χ4v) is 0. The fraction of sp³-hybridized carbons (Fsp3) is 0. The van der Waals surface area contributed by atoms with Gasteiger partial charge in [-0.3, -0.25) is 0 Å². The third-order valence-corrected chi connectivity index (χ3v) is 0. The Balaban J connectivity index is -0.0000000450. The Hall–Kier alpha value is 1.56. The Morgan fingerprint density at radius 3 is 1.17 bits per heavy atom. The van der Waals surface area contributed by atoms with Gasteiger partial charge in [-0.15, -0.1) is 0 Å². The van der Waals surface area contributed by atoms with Crippen molar-refractivity contribution in [3.05, 3.63) is 0 Å². The molecule has 0 aromatic heterocycles. The van der Waals surface area contributed by atoms with Crippen LogP contribution in [0.25, 0.3) is 0 Å². The first-order valence-corrected chi connectivity index (χ1v) is 4.11. The minimum absolute atomic E-state index is 0. The summed E-state index contributed by atoms with van der Waals surface area (Å²) >= 11 is -4.29. The number of hydrogen-bond acceptors (Lipinski definition) is 3. The molecule has 0 fully saturated rings. The quantitative estimate of drug-likeness (QED) is 0.451. The zero-order valence-corrected chi connectivity index (χ0v) is 7.07. The number of hydrogen-bond donors (Lipinski definition) is 0. The first-order chi connectivity index (χ1) is 1.73. The van der Waals surface area contributed by atoms with Crippen molar-refractivity contribution in [2.24, 2.45) is 0 Å². The molecule has 0 heterocycles. The van der Waals surface area contributed by atoms with Gasteiger partial charge in [0.25, 0.3) is 0 Å². The molecule has 0 aromatic rings. The molecule has 0 radical (unpaired) electrons. The van der Waals surface area contributed by atoms with Gasteiger partial charge >= 0.3 is 64.7 Å². The molecule has 0 aromatic carbocycles. The molecule has 0 aliphatic heterocycles. The summed E-state index contributed by atoms with van der Waals surface area (Å²) in [4.78, 5) is 0. The summed E-state index contributed by atoms with van der Waals surface area (Å²) in [7, 11) is 0. The molecule has 0 saturated carbocycles. The van der Waals surface area contributed by atoms with Crippen molar-refractivity contribution < 1.29 is 44.1 Å². The molecule has 0 atom stereocenters. The first kappa shape index (κ1) is 15.6. The van der Waals surface area contributed by atoms with E-state index in [-0.39, 0.29) is 34.1 Å². The van der Waals surface area contributed by atoms with Gasteiger partial charge in [-0.1, -0.05) is 0 Å². The van der Waals surface area contributed by atoms with E-state index in [0.29, 0.717) is 0 Å². The van der Waals surface area contributed by atoms with Crippen molar-refractivity contribution in [3.8, 4) is 0 Å². The maximum atomic E-state index is 8.61. The van der Waals surface area contributed by atoms with E-state index in [1.54, 1.807) is 0 Å². The summed E-state index contributed by atoms with van der Waals surface area (Å²) in [5, 5.41) is 0. The fourth-order valence-electron chi connectivity index (χ4n) is 0. The zero-order valence-electron chi connectivity index (χ0n) is 2.33. The molecule has 0 saturated heterocycles. The molecular weight excluding hydrogens is 294 g/mol. The van der Waals surface area contributed by atoms with E-state index in [2.05, 4.69) is 0 Å². The monoisotopic (exact) mass is 294 g/mol. The standard InChI is InChI=1S/2Cu.3O.Sn/q2*+1;;2*-1;. The predicted molar refractivity (Wildman–Crippen MR) is 6.44 cm³/mol. The van der Waals surface area contributed by atoms with Crippen molar-refractivity contribution in [2.45, 2.75) is 0 Å². The van der Waals surface area contributed by atoms with E-state index in [1.165, 1.54) is 0 Å². The molecule has 0 rings (SSSR count). The van der Waals surface area contributed by atoms with Crippen LogP contribution in [0.5, 0.6) is 0 Å². The van der Waals surface area contributed by atoms with Gasteiger partial charge in [0.2, 0.25) is 0 Å². The zero-order chi connectivity index (χ0) is 3.58. The SMILES string of the molecule is [Cu+].[Cu+].[O]=[Sn]([O-])[O-]. The van der Waals surface area contributed by atoms with Crippen molar-refractivity contribution in [1.82, 2.24) is 0 Å². The summed E-state index contributed by atoms with van der Waals surface area (Å²) in [5.74, 6) is 0. The van der Waals surface area contributed by atoms with Crippen LogP contribution in [-0.2, 0) is 37.2 Å². The summed E-state index contributed by atoms with van der Waals surface area (Å²) < 4.78 is 25.8. The second-order valence-electron chi connectivity index (χ2n) is 0.250. The van der Waals surface area contributed by atoms with E-state index >= 15 is 0 Å². The second kappa shape index (κ2) is 9.75. The topological polar surface area (TPSA) is 63.2 Å². The van der Waals surface area contributed by atoms with E-state index in [9.17, 15) is 0 Å². The molecule has 0 aliphatic rings. The molecule has 0 unspecified atom stereocenters. The van der Waals surface area contributed by atoms with Crippen molar-refractivity contribution >= 4 is 20.6 Å². The Labute approximate surface area is 64.3 Å². The molecule has 6 heteroatoms. The van der Waals surface area contributed by atoms with Crippen LogP contribution < -0.4 is 6.89 Å². The Morgan fingerprint density at radius 1 is 1.17 bits per heavy atom. The van der Waals surface area contributed by atoms with Crippen molar-refractivity contribution in [2.75, 3.05) is 0 Å². The molecule has 0 spiro atoms. The van der Waals surface area contributed by atoms with Crippen LogP contribution in [0.15, 0.2) is 0 Å². The van der Waals surface area contributed by atoms with Crippen LogP contribution in [0.2, 0.25) is 0 Å². The second-order valence-corrected chi connectivity index (χ2v) is 1.68. The Kier molecular flexibility index (Phi) is 25.4. The Morgan fingerprint density at radius 2 is 1.17 bits per heavy atom. The van der Waals surface area contributed by atoms with Crippen LogP contribution in [0, 0.1) is 0 Å². The van der Waals surface area contributed by atoms with Gasteiger partial charge in [-0.2, -0.15) is 0 Å². The van der Waals surface area contributed by atoms with E-state index in [0.717, 1.165) is 0 Å². The average molecular weight is 294 g/mol. The summed E-state index contributed by atoms with van der Waals surface area (Å²) in [5.41, 5.74) is 0. The summed E-state index contributed by atoms with van der Waals surface area (Å²) in [6, 6.07) is 0. The molecule has 3 nitrogen and oxygen atoms in total. The third kappa shape index (κ3) is 47.6. The van der Waals surface area contributed by atoms with E-state index in [1.807, 2.05) is 0 Å². The predicted octanol–water partition coefficient (Wildman–Crippen LogP) is -2.88. The maximum absolute atomic E-state index is 8.61.